The number of aromatic carboxylic acids is 1. The Bertz CT molecular complexity index is 403. The first-order valence-electron chi connectivity index (χ1n) is 4.21. The van der Waals surface area contributed by atoms with Crippen LogP contribution in [-0.4, -0.2) is 23.1 Å². The smallest absolute Gasteiger partial charge is 0.337 e. The number of carboxylic acids is 1. The van der Waals surface area contributed by atoms with Crippen molar-refractivity contribution in [1.82, 2.24) is 5.01 Å². The molecule has 0 spiro atoms. The molecule has 1 aromatic carbocycles. The van der Waals surface area contributed by atoms with Gasteiger partial charge in [-0.25, -0.2) is 9.80 Å². The molecule has 2 rings (SSSR count). The summed E-state index contributed by atoms with van der Waals surface area (Å²) in [7, 11) is 1.89. The lowest BCUT2D eigenvalue weighted by Crippen LogP contribution is -2.16. The van der Waals surface area contributed by atoms with Gasteiger partial charge >= 0.3 is 5.97 Å². The summed E-state index contributed by atoms with van der Waals surface area (Å²) in [6.07, 6.45) is 0. The summed E-state index contributed by atoms with van der Waals surface area (Å²) in [5, 5.41) is 10.7. The van der Waals surface area contributed by atoms with Crippen molar-refractivity contribution in [3.8, 4) is 0 Å². The molecule has 1 aliphatic rings. The third kappa shape index (κ3) is 1.27. The minimum Gasteiger partial charge on any atom is -0.478 e. The topological polar surface area (TPSA) is 78.6 Å². The number of rotatable bonds is 1. The molecule has 0 saturated heterocycles. The lowest BCUT2D eigenvalue weighted by molar-refractivity contribution is 0.0698. The number of hydrogen-bond acceptors (Lipinski definition) is 4. The highest BCUT2D eigenvalue weighted by Gasteiger charge is 2.19. The molecule has 74 valence electrons. The summed E-state index contributed by atoms with van der Waals surface area (Å²) < 4.78 is 0. The number of hydrazine groups is 1. The lowest BCUT2D eigenvalue weighted by Gasteiger charge is -2.07. The van der Waals surface area contributed by atoms with Crippen LogP contribution in [0.25, 0.3) is 0 Å². The molecule has 1 heterocycles. The number of carbonyl (C=O) groups is 1. The van der Waals surface area contributed by atoms with Crippen molar-refractivity contribution in [1.29, 1.82) is 0 Å². The highest BCUT2D eigenvalue weighted by Crippen LogP contribution is 2.28. The van der Waals surface area contributed by atoms with E-state index in [1.807, 2.05) is 12.1 Å². The monoisotopic (exact) mass is 193 g/mol. The fourth-order valence-corrected chi connectivity index (χ4v) is 1.58. The molecule has 0 aliphatic carbocycles. The van der Waals surface area contributed by atoms with Gasteiger partial charge in [0.1, 0.15) is 0 Å². The van der Waals surface area contributed by atoms with Gasteiger partial charge in [-0.3, -0.25) is 0 Å². The Morgan fingerprint density at radius 1 is 1.64 bits per heavy atom. The van der Waals surface area contributed by atoms with Crippen LogP contribution < -0.4 is 11.2 Å². The molecule has 0 atom stereocenters. The molecular formula is C9H11N3O2. The van der Waals surface area contributed by atoms with Gasteiger partial charge in [-0.2, -0.15) is 0 Å². The average Bonchev–Trinajstić information content (AvgIpc) is 2.42. The summed E-state index contributed by atoms with van der Waals surface area (Å²) in [4.78, 5) is 10.8. The van der Waals surface area contributed by atoms with Crippen LogP contribution in [0.3, 0.4) is 0 Å². The summed E-state index contributed by atoms with van der Waals surface area (Å²) in [5.74, 6) is -0.998. The van der Waals surface area contributed by atoms with Gasteiger partial charge in [0.15, 0.2) is 0 Å². The standard InChI is InChI=1S/C9H11N3O2/c1-12-4-5-2-7(10)6(9(13)14)3-8(5)11-12/h2-3,11H,4,10H2,1H3,(H,13,14). The highest BCUT2D eigenvalue weighted by atomic mass is 16.4. The van der Waals surface area contributed by atoms with Crippen molar-refractivity contribution >= 4 is 17.3 Å². The van der Waals surface area contributed by atoms with E-state index in [2.05, 4.69) is 5.43 Å². The third-order valence-corrected chi connectivity index (χ3v) is 2.22. The largest absolute Gasteiger partial charge is 0.478 e. The maximum Gasteiger partial charge on any atom is 0.337 e. The Labute approximate surface area is 81.1 Å². The number of benzene rings is 1. The minimum absolute atomic E-state index is 0.145. The van der Waals surface area contributed by atoms with Crippen molar-refractivity contribution in [2.75, 3.05) is 18.2 Å². The van der Waals surface area contributed by atoms with Crippen molar-refractivity contribution in [2.45, 2.75) is 6.54 Å². The molecule has 5 nitrogen and oxygen atoms in total. The second-order valence-corrected chi connectivity index (χ2v) is 3.37. The van der Waals surface area contributed by atoms with Crippen LogP contribution in [0.2, 0.25) is 0 Å². The molecule has 1 aliphatic heterocycles. The number of hydrogen-bond donors (Lipinski definition) is 3. The van der Waals surface area contributed by atoms with E-state index in [0.29, 0.717) is 5.69 Å². The Hall–Kier alpha value is -1.75. The van der Waals surface area contributed by atoms with Crippen molar-refractivity contribution in [2.24, 2.45) is 0 Å². The van der Waals surface area contributed by atoms with Crippen molar-refractivity contribution < 1.29 is 9.90 Å². The van der Waals surface area contributed by atoms with Crippen LogP contribution in [0.5, 0.6) is 0 Å². The average molecular weight is 193 g/mol. The fraction of sp³-hybridized carbons (Fsp3) is 0.222. The zero-order valence-corrected chi connectivity index (χ0v) is 7.74. The van der Waals surface area contributed by atoms with Crippen LogP contribution in [-0.2, 0) is 6.54 Å². The first-order chi connectivity index (χ1) is 6.58. The minimum atomic E-state index is -0.998. The number of nitrogens with one attached hydrogen (secondary N) is 1. The van der Waals surface area contributed by atoms with E-state index >= 15 is 0 Å². The maximum absolute atomic E-state index is 10.8. The van der Waals surface area contributed by atoms with Gasteiger partial charge in [-0.15, -0.1) is 0 Å². The molecule has 0 saturated carbocycles. The second-order valence-electron chi connectivity index (χ2n) is 3.37. The molecule has 5 heteroatoms. The van der Waals surface area contributed by atoms with Crippen LogP contribution in [0.15, 0.2) is 12.1 Å². The molecule has 0 radical (unpaired) electrons. The second kappa shape index (κ2) is 2.88. The van der Waals surface area contributed by atoms with Crippen molar-refractivity contribution in [3.63, 3.8) is 0 Å². The van der Waals surface area contributed by atoms with Gasteiger partial charge in [0, 0.05) is 19.3 Å². The predicted molar refractivity (Wildman–Crippen MR) is 52.9 cm³/mol. The molecule has 0 aromatic heterocycles. The summed E-state index contributed by atoms with van der Waals surface area (Å²) >= 11 is 0. The molecule has 0 bridgehead atoms. The van der Waals surface area contributed by atoms with Crippen LogP contribution in [0.4, 0.5) is 11.4 Å². The quantitative estimate of drug-likeness (QED) is 0.573. The molecule has 0 unspecified atom stereocenters. The lowest BCUT2D eigenvalue weighted by atomic mass is 10.1. The molecular weight excluding hydrogens is 182 g/mol. The number of carboxylic acid groups (broad SMARTS) is 1. The van der Waals surface area contributed by atoms with Gasteiger partial charge in [0.2, 0.25) is 0 Å². The zero-order chi connectivity index (χ0) is 10.3. The number of nitrogens with zero attached hydrogens (tertiary/aromatic N) is 1. The molecule has 4 N–H and O–H groups in total. The third-order valence-electron chi connectivity index (χ3n) is 2.22. The molecule has 1 aromatic rings. The van der Waals surface area contributed by atoms with Gasteiger partial charge in [0.25, 0.3) is 0 Å². The van der Waals surface area contributed by atoms with Gasteiger partial charge in [-0.05, 0) is 17.7 Å². The van der Waals surface area contributed by atoms with Crippen LogP contribution in [0.1, 0.15) is 15.9 Å². The first-order valence-corrected chi connectivity index (χ1v) is 4.21. The predicted octanol–water partition coefficient (Wildman–Crippen LogP) is 0.739. The van der Waals surface area contributed by atoms with E-state index in [-0.39, 0.29) is 5.56 Å². The molecule has 14 heavy (non-hydrogen) atoms. The number of nitrogen functional groups attached to an aromatic ring is 1. The highest BCUT2D eigenvalue weighted by molar-refractivity contribution is 5.95. The Morgan fingerprint density at radius 3 is 3.00 bits per heavy atom. The number of nitrogens with two attached hydrogens (primary N) is 1. The SMILES string of the molecule is CN1Cc2cc(N)c(C(=O)O)cc2N1. The summed E-state index contributed by atoms with van der Waals surface area (Å²) in [5.41, 5.74) is 10.9. The summed E-state index contributed by atoms with van der Waals surface area (Å²) in [6, 6.07) is 3.27. The van der Waals surface area contributed by atoms with Crippen LogP contribution in [0, 0.1) is 0 Å². The van der Waals surface area contributed by atoms with E-state index in [1.54, 1.807) is 12.1 Å². The van der Waals surface area contributed by atoms with Crippen LogP contribution >= 0.6 is 0 Å². The van der Waals surface area contributed by atoms with E-state index in [4.69, 9.17) is 10.8 Å². The van der Waals surface area contributed by atoms with Crippen molar-refractivity contribution in [3.05, 3.63) is 23.3 Å². The van der Waals surface area contributed by atoms with E-state index < -0.39 is 5.97 Å². The van der Waals surface area contributed by atoms with E-state index in [1.165, 1.54) is 0 Å². The zero-order valence-electron chi connectivity index (χ0n) is 7.74. The van der Waals surface area contributed by atoms with Gasteiger partial charge < -0.3 is 16.3 Å². The number of fused-ring (bicyclic) bond motifs is 1. The fourth-order valence-electron chi connectivity index (χ4n) is 1.58. The normalized spacial score (nSPS) is 14.9. The Balaban J connectivity index is 2.50. The number of anilines is 2. The molecule has 0 fully saturated rings. The Morgan fingerprint density at radius 2 is 2.36 bits per heavy atom. The van der Waals surface area contributed by atoms with Gasteiger partial charge in [-0.1, -0.05) is 0 Å². The summed E-state index contributed by atoms with van der Waals surface area (Å²) in [6.45, 7) is 0.736. The van der Waals surface area contributed by atoms with Gasteiger partial charge in [0.05, 0.1) is 11.3 Å². The molecule has 0 amide bonds. The maximum atomic E-state index is 10.8. The van der Waals surface area contributed by atoms with E-state index in [0.717, 1.165) is 17.8 Å². The first kappa shape index (κ1) is 8.83. The Kier molecular flexibility index (Phi) is 1.82. The van der Waals surface area contributed by atoms with E-state index in [9.17, 15) is 4.79 Å².